The van der Waals surface area contributed by atoms with Crippen LogP contribution in [0.15, 0.2) is 11.4 Å². The van der Waals surface area contributed by atoms with E-state index in [4.69, 9.17) is 4.74 Å². The van der Waals surface area contributed by atoms with Gasteiger partial charge in [0.2, 0.25) is 5.91 Å². The second kappa shape index (κ2) is 5.84. The average Bonchev–Trinajstić information content (AvgIpc) is 2.92. The fraction of sp³-hybridized carbons (Fsp3) is 0.667. The summed E-state index contributed by atoms with van der Waals surface area (Å²) in [5.41, 5.74) is 1.40. The second-order valence-corrected chi connectivity index (χ2v) is 6.51. The number of rotatable bonds is 3. The zero-order chi connectivity index (χ0) is 14.0. The van der Waals surface area contributed by atoms with Crippen LogP contribution in [0.5, 0.6) is 0 Å². The fourth-order valence-electron chi connectivity index (χ4n) is 3.25. The van der Waals surface area contributed by atoms with Crippen LogP contribution in [0, 0.1) is 0 Å². The van der Waals surface area contributed by atoms with E-state index in [2.05, 4.69) is 21.7 Å². The van der Waals surface area contributed by atoms with Gasteiger partial charge in [0.1, 0.15) is 5.60 Å². The van der Waals surface area contributed by atoms with Crippen LogP contribution in [0.4, 0.5) is 0 Å². The highest BCUT2D eigenvalue weighted by molar-refractivity contribution is 7.10. The van der Waals surface area contributed by atoms with Gasteiger partial charge >= 0.3 is 0 Å². The van der Waals surface area contributed by atoms with Gasteiger partial charge in [0, 0.05) is 24.5 Å². The van der Waals surface area contributed by atoms with Crippen molar-refractivity contribution in [3.63, 3.8) is 0 Å². The van der Waals surface area contributed by atoms with Crippen LogP contribution in [-0.4, -0.2) is 43.6 Å². The molecule has 2 aliphatic heterocycles. The number of nitrogens with one attached hydrogen (secondary N) is 1. The molecule has 0 aliphatic carbocycles. The number of hydrogen-bond acceptors (Lipinski definition) is 4. The first-order valence-electron chi connectivity index (χ1n) is 7.43. The topological polar surface area (TPSA) is 41.6 Å². The molecule has 20 heavy (non-hydrogen) atoms. The van der Waals surface area contributed by atoms with E-state index in [1.807, 2.05) is 18.3 Å². The molecule has 1 N–H and O–H groups in total. The lowest BCUT2D eigenvalue weighted by Crippen LogP contribution is -2.48. The molecular formula is C15H22N2O2S. The Morgan fingerprint density at radius 1 is 1.50 bits per heavy atom. The van der Waals surface area contributed by atoms with E-state index >= 15 is 0 Å². The zero-order valence-corrected chi connectivity index (χ0v) is 12.8. The standard InChI is InChI=1S/C15H22N2O2S/c1-2-16-13(18)11-17-7-5-15(6-8-17)14-12(3-9-19-15)4-10-20-14/h4,10H,2-3,5-9,11H2,1H3,(H,16,18). The summed E-state index contributed by atoms with van der Waals surface area (Å²) in [6, 6.07) is 2.24. The number of nitrogens with zero attached hydrogens (tertiary/aromatic N) is 1. The van der Waals surface area contributed by atoms with Gasteiger partial charge in [-0.15, -0.1) is 11.3 Å². The summed E-state index contributed by atoms with van der Waals surface area (Å²) in [6.45, 7) is 5.89. The first-order valence-corrected chi connectivity index (χ1v) is 8.31. The van der Waals surface area contributed by atoms with Crippen LogP contribution in [0.2, 0.25) is 0 Å². The number of ether oxygens (including phenoxy) is 1. The molecule has 1 aromatic heterocycles. The van der Waals surface area contributed by atoms with E-state index < -0.39 is 0 Å². The van der Waals surface area contributed by atoms with Crippen LogP contribution >= 0.6 is 11.3 Å². The highest BCUT2D eigenvalue weighted by atomic mass is 32.1. The van der Waals surface area contributed by atoms with E-state index in [0.717, 1.165) is 39.0 Å². The van der Waals surface area contributed by atoms with Gasteiger partial charge in [0.05, 0.1) is 13.2 Å². The molecule has 1 saturated heterocycles. The first-order chi connectivity index (χ1) is 9.73. The van der Waals surface area contributed by atoms with Crippen molar-refractivity contribution < 1.29 is 9.53 Å². The van der Waals surface area contributed by atoms with E-state index in [-0.39, 0.29) is 11.5 Å². The zero-order valence-electron chi connectivity index (χ0n) is 12.0. The summed E-state index contributed by atoms with van der Waals surface area (Å²) in [7, 11) is 0. The number of hydrogen-bond donors (Lipinski definition) is 1. The summed E-state index contributed by atoms with van der Waals surface area (Å²) >= 11 is 1.83. The first kappa shape index (κ1) is 14.0. The second-order valence-electron chi connectivity index (χ2n) is 5.60. The molecule has 110 valence electrons. The minimum Gasteiger partial charge on any atom is -0.369 e. The van der Waals surface area contributed by atoms with Crippen LogP contribution in [-0.2, 0) is 21.6 Å². The molecule has 1 aromatic rings. The average molecular weight is 294 g/mol. The van der Waals surface area contributed by atoms with Crippen LogP contribution < -0.4 is 5.32 Å². The van der Waals surface area contributed by atoms with E-state index in [1.54, 1.807) is 0 Å². The summed E-state index contributed by atoms with van der Waals surface area (Å²) in [5, 5.41) is 5.05. The molecule has 4 nitrogen and oxygen atoms in total. The van der Waals surface area contributed by atoms with Crippen molar-refractivity contribution in [2.75, 3.05) is 32.8 Å². The van der Waals surface area contributed by atoms with Gasteiger partial charge in [-0.1, -0.05) is 0 Å². The Kier molecular flexibility index (Phi) is 4.10. The normalized spacial score (nSPS) is 21.6. The van der Waals surface area contributed by atoms with Gasteiger partial charge in [0.25, 0.3) is 0 Å². The molecule has 1 spiro atoms. The lowest BCUT2D eigenvalue weighted by Gasteiger charge is -2.43. The molecule has 3 rings (SSSR count). The minimum absolute atomic E-state index is 0.0700. The largest absolute Gasteiger partial charge is 0.369 e. The van der Waals surface area contributed by atoms with Crippen LogP contribution in [0.25, 0.3) is 0 Å². The van der Waals surface area contributed by atoms with E-state index in [9.17, 15) is 4.79 Å². The lowest BCUT2D eigenvalue weighted by atomic mass is 9.85. The van der Waals surface area contributed by atoms with Gasteiger partial charge in [-0.3, -0.25) is 9.69 Å². The fourth-order valence-corrected chi connectivity index (χ4v) is 4.42. The summed E-state index contributed by atoms with van der Waals surface area (Å²) < 4.78 is 6.18. The van der Waals surface area contributed by atoms with Crippen LogP contribution in [0.3, 0.4) is 0 Å². The predicted octanol–water partition coefficient (Wildman–Crippen LogP) is 1.75. The number of carbonyl (C=O) groups excluding carboxylic acids is 1. The highest BCUT2D eigenvalue weighted by Crippen LogP contribution is 2.43. The predicted molar refractivity (Wildman–Crippen MR) is 80.0 cm³/mol. The molecule has 0 radical (unpaired) electrons. The quantitative estimate of drug-likeness (QED) is 0.923. The molecule has 0 bridgehead atoms. The molecule has 0 aromatic carbocycles. The van der Waals surface area contributed by atoms with Crippen molar-refractivity contribution in [3.8, 4) is 0 Å². The van der Waals surface area contributed by atoms with Gasteiger partial charge in [-0.2, -0.15) is 0 Å². The van der Waals surface area contributed by atoms with Crippen molar-refractivity contribution in [3.05, 3.63) is 21.9 Å². The monoisotopic (exact) mass is 294 g/mol. The van der Waals surface area contributed by atoms with Crippen molar-refractivity contribution in [1.82, 2.24) is 10.2 Å². The van der Waals surface area contributed by atoms with E-state index in [0.29, 0.717) is 13.1 Å². The summed E-state index contributed by atoms with van der Waals surface area (Å²) in [6.07, 6.45) is 3.04. The molecule has 2 aliphatic rings. The molecule has 0 atom stereocenters. The third-order valence-electron chi connectivity index (χ3n) is 4.32. The number of amides is 1. The summed E-state index contributed by atoms with van der Waals surface area (Å²) in [5.74, 6) is 0.129. The molecule has 0 unspecified atom stereocenters. The maximum Gasteiger partial charge on any atom is 0.234 e. The Morgan fingerprint density at radius 3 is 3.05 bits per heavy atom. The number of fused-ring (bicyclic) bond motifs is 2. The smallest absolute Gasteiger partial charge is 0.234 e. The van der Waals surface area contributed by atoms with Crippen LogP contribution in [0.1, 0.15) is 30.2 Å². The Balaban J connectivity index is 1.63. The van der Waals surface area contributed by atoms with Gasteiger partial charge in [-0.05, 0) is 43.2 Å². The van der Waals surface area contributed by atoms with Gasteiger partial charge in [-0.25, -0.2) is 0 Å². The molecule has 1 fully saturated rings. The third kappa shape index (κ3) is 2.62. The maximum absolute atomic E-state index is 11.7. The van der Waals surface area contributed by atoms with Crippen molar-refractivity contribution >= 4 is 17.2 Å². The SMILES string of the molecule is CCNC(=O)CN1CCC2(CC1)OCCc1ccsc12. The third-order valence-corrected chi connectivity index (χ3v) is 5.46. The van der Waals surface area contributed by atoms with Crippen molar-refractivity contribution in [1.29, 1.82) is 0 Å². The van der Waals surface area contributed by atoms with E-state index in [1.165, 1.54) is 10.4 Å². The van der Waals surface area contributed by atoms with Gasteiger partial charge < -0.3 is 10.1 Å². The number of likely N-dealkylation sites (tertiary alicyclic amines) is 1. The Hall–Kier alpha value is -0.910. The lowest BCUT2D eigenvalue weighted by molar-refractivity contribution is -0.125. The van der Waals surface area contributed by atoms with Crippen molar-refractivity contribution in [2.24, 2.45) is 0 Å². The highest BCUT2D eigenvalue weighted by Gasteiger charge is 2.41. The molecule has 5 heteroatoms. The Labute approximate surface area is 124 Å². The Morgan fingerprint density at radius 2 is 2.30 bits per heavy atom. The summed E-state index contributed by atoms with van der Waals surface area (Å²) in [4.78, 5) is 15.3. The number of carbonyl (C=O) groups is 1. The minimum atomic E-state index is -0.0700. The number of thiophene rings is 1. The van der Waals surface area contributed by atoms with Gasteiger partial charge in [0.15, 0.2) is 0 Å². The molecule has 3 heterocycles. The number of likely N-dealkylation sites (N-methyl/N-ethyl adjacent to an activating group) is 1. The molecule has 0 saturated carbocycles. The number of piperidine rings is 1. The molecular weight excluding hydrogens is 272 g/mol. The van der Waals surface area contributed by atoms with Crippen molar-refractivity contribution in [2.45, 2.75) is 31.8 Å². The molecule has 1 amide bonds. The maximum atomic E-state index is 11.7. The Bertz CT molecular complexity index is 478.